The van der Waals surface area contributed by atoms with Crippen molar-refractivity contribution in [2.75, 3.05) is 18.6 Å². The lowest BCUT2D eigenvalue weighted by Crippen LogP contribution is -2.33. The Balaban J connectivity index is 1.56. The Morgan fingerprint density at radius 3 is 2.81 bits per heavy atom. The Kier molecular flexibility index (Phi) is 4.99. The van der Waals surface area contributed by atoms with E-state index in [4.69, 9.17) is 4.74 Å². The molecule has 2 aromatic rings. The molecule has 4 rings (SSSR count). The summed E-state index contributed by atoms with van der Waals surface area (Å²) in [5.41, 5.74) is 1.61. The molecule has 0 aromatic heterocycles. The molecule has 5 heteroatoms. The summed E-state index contributed by atoms with van der Waals surface area (Å²) in [7, 11) is 1.83. The number of hydrogen-bond donors (Lipinski definition) is 0. The van der Waals surface area contributed by atoms with Crippen LogP contribution in [0.1, 0.15) is 37.3 Å². The van der Waals surface area contributed by atoms with Gasteiger partial charge < -0.3 is 9.64 Å². The largest absolute Gasteiger partial charge is 0.378 e. The lowest BCUT2D eigenvalue weighted by Gasteiger charge is -2.34. The molecule has 0 radical (unpaired) electrons. The van der Waals surface area contributed by atoms with Crippen LogP contribution in [0.4, 0.5) is 10.1 Å². The van der Waals surface area contributed by atoms with Gasteiger partial charge in [-0.15, -0.1) is 0 Å². The van der Waals surface area contributed by atoms with Crippen molar-refractivity contribution in [3.8, 4) is 0 Å². The van der Waals surface area contributed by atoms with E-state index in [1.165, 1.54) is 5.56 Å². The summed E-state index contributed by atoms with van der Waals surface area (Å²) in [6.07, 6.45) is 2.08. The molecule has 1 amide bonds. The summed E-state index contributed by atoms with van der Waals surface area (Å²) in [4.78, 5) is 15.7. The first-order chi connectivity index (χ1) is 12.9. The van der Waals surface area contributed by atoms with Crippen LogP contribution in [0.15, 0.2) is 52.3 Å². The standard InChI is InChI=1S/C22H24FNO2S/c1-15-14-22(23,10-11-26-15)17-4-3-5-18(13-17)27-19-7-8-20-16(12-19)6-9-21(25)24(20)2/h3-5,7-8,12-13,15H,6,9-11,14H2,1-2H3/t15-,22+/m0/s1. The number of rotatable bonds is 3. The van der Waals surface area contributed by atoms with Gasteiger partial charge in [-0.05, 0) is 54.8 Å². The number of halogens is 1. The SMILES string of the molecule is C[C@H]1C[C@@](F)(c2cccc(Sc3ccc4c(c3)CCC(=O)N4C)c2)CCO1. The molecule has 3 nitrogen and oxygen atoms in total. The summed E-state index contributed by atoms with van der Waals surface area (Å²) < 4.78 is 21.0. The number of hydrogen-bond acceptors (Lipinski definition) is 3. The van der Waals surface area contributed by atoms with Gasteiger partial charge in [0, 0.05) is 41.8 Å². The number of anilines is 1. The molecule has 1 fully saturated rings. The smallest absolute Gasteiger partial charge is 0.227 e. The molecule has 2 aromatic carbocycles. The van der Waals surface area contributed by atoms with E-state index >= 15 is 4.39 Å². The van der Waals surface area contributed by atoms with Crippen LogP contribution in [0, 0.1) is 0 Å². The zero-order valence-electron chi connectivity index (χ0n) is 15.7. The van der Waals surface area contributed by atoms with Gasteiger partial charge in [0.2, 0.25) is 5.91 Å². The van der Waals surface area contributed by atoms with Gasteiger partial charge >= 0.3 is 0 Å². The highest BCUT2D eigenvalue weighted by Gasteiger charge is 2.37. The zero-order chi connectivity index (χ0) is 19.0. The van der Waals surface area contributed by atoms with Crippen LogP contribution in [-0.4, -0.2) is 25.7 Å². The van der Waals surface area contributed by atoms with Crippen molar-refractivity contribution < 1.29 is 13.9 Å². The summed E-state index contributed by atoms with van der Waals surface area (Å²) >= 11 is 1.64. The summed E-state index contributed by atoms with van der Waals surface area (Å²) in [5.74, 6) is 0.162. The monoisotopic (exact) mass is 385 g/mol. The van der Waals surface area contributed by atoms with Gasteiger partial charge in [-0.3, -0.25) is 4.79 Å². The quantitative estimate of drug-likeness (QED) is 0.735. The molecule has 2 aliphatic heterocycles. The van der Waals surface area contributed by atoms with Crippen molar-refractivity contribution in [3.63, 3.8) is 0 Å². The van der Waals surface area contributed by atoms with Crippen LogP contribution < -0.4 is 4.90 Å². The molecule has 0 bridgehead atoms. The predicted octanol–water partition coefficient (Wildman–Crippen LogP) is 5.11. The number of ether oxygens (including phenoxy) is 1. The fourth-order valence-electron chi connectivity index (χ4n) is 3.97. The topological polar surface area (TPSA) is 29.5 Å². The van der Waals surface area contributed by atoms with Gasteiger partial charge in [-0.25, -0.2) is 4.39 Å². The minimum atomic E-state index is -1.31. The molecule has 1 saturated heterocycles. The van der Waals surface area contributed by atoms with E-state index in [-0.39, 0.29) is 12.0 Å². The van der Waals surface area contributed by atoms with E-state index < -0.39 is 5.67 Å². The fourth-order valence-corrected chi connectivity index (χ4v) is 4.91. The Labute approximate surface area is 163 Å². The number of fused-ring (bicyclic) bond motifs is 1. The maximum atomic E-state index is 15.5. The van der Waals surface area contributed by atoms with Crippen LogP contribution in [0.2, 0.25) is 0 Å². The maximum absolute atomic E-state index is 15.5. The normalized spacial score (nSPS) is 25.4. The van der Waals surface area contributed by atoms with E-state index in [9.17, 15) is 4.79 Å². The third-order valence-electron chi connectivity index (χ3n) is 5.49. The molecule has 27 heavy (non-hydrogen) atoms. The summed E-state index contributed by atoms with van der Waals surface area (Å²) in [5, 5.41) is 0. The Morgan fingerprint density at radius 1 is 1.19 bits per heavy atom. The number of amides is 1. The predicted molar refractivity (Wildman–Crippen MR) is 106 cm³/mol. The molecule has 2 atom stereocenters. The van der Waals surface area contributed by atoms with Gasteiger partial charge in [0.15, 0.2) is 0 Å². The molecule has 2 aliphatic rings. The van der Waals surface area contributed by atoms with Gasteiger partial charge in [0.05, 0.1) is 12.7 Å². The lowest BCUT2D eigenvalue weighted by molar-refractivity contribution is -0.118. The highest BCUT2D eigenvalue weighted by molar-refractivity contribution is 7.99. The van der Waals surface area contributed by atoms with Gasteiger partial charge in [0.1, 0.15) is 5.67 Å². The van der Waals surface area contributed by atoms with Crippen LogP contribution >= 0.6 is 11.8 Å². The first-order valence-corrected chi connectivity index (χ1v) is 10.2. The van der Waals surface area contributed by atoms with Crippen LogP contribution in [-0.2, 0) is 21.6 Å². The van der Waals surface area contributed by atoms with E-state index in [1.54, 1.807) is 16.7 Å². The van der Waals surface area contributed by atoms with Crippen LogP contribution in [0.3, 0.4) is 0 Å². The number of carbonyl (C=O) groups excluding carboxylic acids is 1. The minimum absolute atomic E-state index is 0.0552. The number of carbonyl (C=O) groups is 1. The third-order valence-corrected chi connectivity index (χ3v) is 6.47. The first kappa shape index (κ1) is 18.5. The van der Waals surface area contributed by atoms with Gasteiger partial charge in [-0.1, -0.05) is 23.9 Å². The average molecular weight is 386 g/mol. The van der Waals surface area contributed by atoms with Crippen LogP contribution in [0.25, 0.3) is 0 Å². The minimum Gasteiger partial charge on any atom is -0.378 e. The molecule has 142 valence electrons. The third kappa shape index (κ3) is 3.76. The highest BCUT2D eigenvalue weighted by atomic mass is 32.2. The maximum Gasteiger partial charge on any atom is 0.227 e. The second kappa shape index (κ2) is 7.28. The highest BCUT2D eigenvalue weighted by Crippen LogP contribution is 2.41. The van der Waals surface area contributed by atoms with Gasteiger partial charge in [-0.2, -0.15) is 0 Å². The van der Waals surface area contributed by atoms with Crippen molar-refractivity contribution in [3.05, 3.63) is 53.6 Å². The molecule has 0 unspecified atom stereocenters. The fraction of sp³-hybridized carbons (Fsp3) is 0.409. The zero-order valence-corrected chi connectivity index (χ0v) is 16.5. The number of aryl methyl sites for hydroxylation is 1. The number of alkyl halides is 1. The second-order valence-electron chi connectivity index (χ2n) is 7.47. The van der Waals surface area contributed by atoms with Crippen molar-refractivity contribution in [1.82, 2.24) is 0 Å². The van der Waals surface area contributed by atoms with E-state index in [2.05, 4.69) is 6.07 Å². The van der Waals surface area contributed by atoms with E-state index in [0.717, 1.165) is 27.5 Å². The van der Waals surface area contributed by atoms with Crippen molar-refractivity contribution in [1.29, 1.82) is 0 Å². The first-order valence-electron chi connectivity index (χ1n) is 9.43. The number of nitrogens with zero attached hydrogens (tertiary/aromatic N) is 1. The van der Waals surface area contributed by atoms with Gasteiger partial charge in [0.25, 0.3) is 0 Å². The molecule has 0 N–H and O–H groups in total. The average Bonchev–Trinajstić information content (AvgIpc) is 2.65. The lowest BCUT2D eigenvalue weighted by atomic mass is 9.86. The molecule has 0 aliphatic carbocycles. The van der Waals surface area contributed by atoms with Crippen LogP contribution in [0.5, 0.6) is 0 Å². The number of benzene rings is 2. The molecular weight excluding hydrogens is 361 g/mol. The molecule has 0 saturated carbocycles. The van der Waals surface area contributed by atoms with Crippen molar-refractivity contribution in [2.45, 2.75) is 54.2 Å². The molecule has 2 heterocycles. The summed E-state index contributed by atoms with van der Waals surface area (Å²) in [6, 6.07) is 14.0. The second-order valence-corrected chi connectivity index (χ2v) is 8.62. The van der Waals surface area contributed by atoms with Crippen molar-refractivity contribution >= 4 is 23.4 Å². The summed E-state index contributed by atoms with van der Waals surface area (Å²) in [6.45, 7) is 2.40. The Bertz CT molecular complexity index is 871. The van der Waals surface area contributed by atoms with E-state index in [0.29, 0.717) is 25.9 Å². The van der Waals surface area contributed by atoms with Crippen molar-refractivity contribution in [2.24, 2.45) is 0 Å². The molecule has 0 spiro atoms. The van der Waals surface area contributed by atoms with E-state index in [1.807, 2.05) is 50.4 Å². The Hall–Kier alpha value is -1.85. The Morgan fingerprint density at radius 2 is 2.00 bits per heavy atom. The molecular formula is C22H24FNO2S.